The van der Waals surface area contributed by atoms with Crippen LogP contribution in [0, 0.1) is 5.92 Å². The Balaban J connectivity index is 2.48. The average Bonchev–Trinajstić information content (AvgIpc) is 2.47. The van der Waals surface area contributed by atoms with Crippen LogP contribution in [0.3, 0.4) is 0 Å². The van der Waals surface area contributed by atoms with E-state index < -0.39 is 0 Å². The van der Waals surface area contributed by atoms with Gasteiger partial charge in [-0.05, 0) is 19.3 Å². The van der Waals surface area contributed by atoms with Gasteiger partial charge in [-0.1, -0.05) is 32.6 Å². The van der Waals surface area contributed by atoms with Crippen LogP contribution in [0.1, 0.15) is 51.9 Å². The molecule has 0 N–H and O–H groups in total. The zero-order valence-corrected chi connectivity index (χ0v) is 9.42. The molecule has 0 heterocycles. The van der Waals surface area contributed by atoms with E-state index >= 15 is 0 Å². The molecular formula is C12H22O2. The molecule has 1 atom stereocenters. The second-order valence-corrected chi connectivity index (χ2v) is 4.22. The number of carbonyl (C=O) groups is 1. The van der Waals surface area contributed by atoms with Crippen molar-refractivity contribution in [2.45, 2.75) is 58.0 Å². The van der Waals surface area contributed by atoms with Gasteiger partial charge in [0.15, 0.2) is 5.78 Å². The summed E-state index contributed by atoms with van der Waals surface area (Å²) >= 11 is 0. The van der Waals surface area contributed by atoms with Crippen molar-refractivity contribution >= 4 is 5.78 Å². The summed E-state index contributed by atoms with van der Waals surface area (Å²) in [5, 5.41) is 0. The Labute approximate surface area is 87.0 Å². The topological polar surface area (TPSA) is 26.3 Å². The molecule has 14 heavy (non-hydrogen) atoms. The maximum atomic E-state index is 12.0. The molecule has 2 heteroatoms. The third-order valence-corrected chi connectivity index (χ3v) is 3.23. The lowest BCUT2D eigenvalue weighted by Crippen LogP contribution is -2.29. The lowest BCUT2D eigenvalue weighted by atomic mass is 9.91. The van der Waals surface area contributed by atoms with E-state index in [0.717, 1.165) is 19.3 Å². The van der Waals surface area contributed by atoms with E-state index in [1.54, 1.807) is 7.11 Å². The highest BCUT2D eigenvalue weighted by Crippen LogP contribution is 2.25. The summed E-state index contributed by atoms with van der Waals surface area (Å²) < 4.78 is 5.21. The maximum absolute atomic E-state index is 12.0. The molecule has 1 unspecified atom stereocenters. The molecule has 0 bridgehead atoms. The van der Waals surface area contributed by atoms with Crippen molar-refractivity contribution in [1.29, 1.82) is 0 Å². The van der Waals surface area contributed by atoms with E-state index in [1.165, 1.54) is 25.7 Å². The Morgan fingerprint density at radius 1 is 1.29 bits per heavy atom. The number of ketones is 1. The van der Waals surface area contributed by atoms with Crippen molar-refractivity contribution < 1.29 is 9.53 Å². The summed E-state index contributed by atoms with van der Waals surface area (Å²) in [4.78, 5) is 12.0. The van der Waals surface area contributed by atoms with Gasteiger partial charge in [0.25, 0.3) is 0 Å². The Morgan fingerprint density at radius 3 is 2.29 bits per heavy atom. The molecule has 0 aliphatic heterocycles. The number of methoxy groups -OCH3 is 1. The van der Waals surface area contributed by atoms with Gasteiger partial charge in [-0.2, -0.15) is 0 Å². The van der Waals surface area contributed by atoms with Gasteiger partial charge in [0.2, 0.25) is 0 Å². The number of Topliss-reactive ketones (excluding diaryl/α,β-unsaturated/α-hetero) is 1. The van der Waals surface area contributed by atoms with Crippen molar-refractivity contribution in [2.24, 2.45) is 5.92 Å². The van der Waals surface area contributed by atoms with Crippen LogP contribution < -0.4 is 0 Å². The Bertz CT molecular complexity index is 165. The van der Waals surface area contributed by atoms with Crippen LogP contribution in [0.4, 0.5) is 0 Å². The summed E-state index contributed by atoms with van der Waals surface area (Å²) in [6, 6.07) is 0. The monoisotopic (exact) mass is 198 g/mol. The Morgan fingerprint density at radius 2 is 1.86 bits per heavy atom. The standard InChI is InChI=1S/C12H22O2/c1-3-11(14-2)12(13)10-8-6-4-5-7-9-10/h10-11H,3-9H2,1-2H3. The highest BCUT2D eigenvalue weighted by atomic mass is 16.5. The van der Waals surface area contributed by atoms with Crippen LogP contribution in [0.25, 0.3) is 0 Å². The molecule has 0 aromatic carbocycles. The molecule has 0 saturated heterocycles. The number of rotatable bonds is 4. The van der Waals surface area contributed by atoms with Crippen molar-refractivity contribution in [3.05, 3.63) is 0 Å². The maximum Gasteiger partial charge on any atom is 0.164 e. The second-order valence-electron chi connectivity index (χ2n) is 4.22. The summed E-state index contributed by atoms with van der Waals surface area (Å²) in [6.07, 6.45) is 7.86. The lowest BCUT2D eigenvalue weighted by molar-refractivity contribution is -0.133. The van der Waals surface area contributed by atoms with Crippen LogP contribution in [0.2, 0.25) is 0 Å². The fourth-order valence-corrected chi connectivity index (χ4v) is 2.31. The zero-order chi connectivity index (χ0) is 10.4. The number of carbonyl (C=O) groups excluding carboxylic acids is 1. The third-order valence-electron chi connectivity index (χ3n) is 3.23. The quantitative estimate of drug-likeness (QED) is 0.649. The van der Waals surface area contributed by atoms with Gasteiger partial charge >= 0.3 is 0 Å². The van der Waals surface area contributed by atoms with Crippen LogP contribution in [-0.4, -0.2) is 19.0 Å². The van der Waals surface area contributed by atoms with E-state index in [2.05, 4.69) is 0 Å². The van der Waals surface area contributed by atoms with Gasteiger partial charge in [-0.3, -0.25) is 4.79 Å². The molecule has 1 aliphatic carbocycles. The summed E-state index contributed by atoms with van der Waals surface area (Å²) in [5.74, 6) is 0.624. The molecule has 2 nitrogen and oxygen atoms in total. The molecule has 0 amide bonds. The van der Waals surface area contributed by atoms with E-state index in [0.29, 0.717) is 5.78 Å². The minimum atomic E-state index is -0.155. The molecule has 0 spiro atoms. The normalized spacial score (nSPS) is 21.6. The van der Waals surface area contributed by atoms with Crippen molar-refractivity contribution in [1.82, 2.24) is 0 Å². The Hall–Kier alpha value is -0.370. The molecule has 1 rings (SSSR count). The van der Waals surface area contributed by atoms with Crippen LogP contribution in [0.5, 0.6) is 0 Å². The van der Waals surface area contributed by atoms with Gasteiger partial charge in [0.05, 0.1) is 0 Å². The molecule has 82 valence electrons. The third kappa shape index (κ3) is 3.09. The zero-order valence-electron chi connectivity index (χ0n) is 9.42. The fraction of sp³-hybridized carbons (Fsp3) is 0.917. The van der Waals surface area contributed by atoms with E-state index in [4.69, 9.17) is 4.74 Å². The largest absolute Gasteiger partial charge is 0.374 e. The average molecular weight is 198 g/mol. The van der Waals surface area contributed by atoms with Crippen LogP contribution in [0.15, 0.2) is 0 Å². The molecule has 0 radical (unpaired) electrons. The predicted octanol–water partition coefficient (Wildman–Crippen LogP) is 2.95. The number of hydrogen-bond acceptors (Lipinski definition) is 2. The highest BCUT2D eigenvalue weighted by Gasteiger charge is 2.25. The van der Waals surface area contributed by atoms with Gasteiger partial charge < -0.3 is 4.74 Å². The SMILES string of the molecule is CCC(OC)C(=O)C1CCCCCC1. The summed E-state index contributed by atoms with van der Waals surface area (Å²) in [6.45, 7) is 2.02. The first kappa shape index (κ1) is 11.7. The second kappa shape index (κ2) is 6.18. The predicted molar refractivity (Wildman–Crippen MR) is 57.3 cm³/mol. The van der Waals surface area contributed by atoms with E-state index in [9.17, 15) is 4.79 Å². The smallest absolute Gasteiger partial charge is 0.164 e. The summed E-state index contributed by atoms with van der Waals surface area (Å²) in [7, 11) is 1.64. The molecule has 1 aliphatic rings. The first-order valence-electron chi connectivity index (χ1n) is 5.86. The molecule has 0 aromatic heterocycles. The minimum Gasteiger partial charge on any atom is -0.374 e. The van der Waals surface area contributed by atoms with Gasteiger partial charge in [-0.15, -0.1) is 0 Å². The van der Waals surface area contributed by atoms with Gasteiger partial charge in [-0.25, -0.2) is 0 Å². The molecule has 1 fully saturated rings. The number of ether oxygens (including phenoxy) is 1. The van der Waals surface area contributed by atoms with Crippen molar-refractivity contribution in [3.8, 4) is 0 Å². The van der Waals surface area contributed by atoms with Crippen molar-refractivity contribution in [2.75, 3.05) is 7.11 Å². The first-order valence-corrected chi connectivity index (χ1v) is 5.86. The lowest BCUT2D eigenvalue weighted by Gasteiger charge is -2.18. The van der Waals surface area contributed by atoms with Gasteiger partial charge in [0, 0.05) is 13.0 Å². The molecular weight excluding hydrogens is 176 g/mol. The van der Waals surface area contributed by atoms with Crippen molar-refractivity contribution in [3.63, 3.8) is 0 Å². The van der Waals surface area contributed by atoms with Gasteiger partial charge in [0.1, 0.15) is 6.10 Å². The molecule has 1 saturated carbocycles. The first-order chi connectivity index (χ1) is 6.79. The number of hydrogen-bond donors (Lipinski definition) is 0. The molecule has 0 aromatic rings. The van der Waals surface area contributed by atoms with E-state index in [-0.39, 0.29) is 12.0 Å². The Kier molecular flexibility index (Phi) is 5.16. The summed E-state index contributed by atoms with van der Waals surface area (Å²) in [5.41, 5.74) is 0. The minimum absolute atomic E-state index is 0.155. The van der Waals surface area contributed by atoms with E-state index in [1.807, 2.05) is 6.92 Å². The van der Waals surface area contributed by atoms with Crippen LogP contribution >= 0.6 is 0 Å². The highest BCUT2D eigenvalue weighted by molar-refractivity contribution is 5.85. The fourth-order valence-electron chi connectivity index (χ4n) is 2.31. The van der Waals surface area contributed by atoms with Crippen LogP contribution in [-0.2, 0) is 9.53 Å².